The van der Waals surface area contributed by atoms with Crippen molar-refractivity contribution in [2.45, 2.75) is 19.4 Å². The van der Waals surface area contributed by atoms with Crippen molar-refractivity contribution in [3.63, 3.8) is 0 Å². The van der Waals surface area contributed by atoms with Crippen molar-refractivity contribution in [3.05, 3.63) is 33.4 Å². The van der Waals surface area contributed by atoms with E-state index in [2.05, 4.69) is 59.2 Å². The van der Waals surface area contributed by atoms with Crippen LogP contribution in [-0.2, 0) is 0 Å². The van der Waals surface area contributed by atoms with Crippen molar-refractivity contribution in [3.8, 4) is 0 Å². The standard InChI is InChI=1S/C9H13IN2/c1-2-9(12-11)7-3-5-8(10)6-4-7/h3-6,9,12H,2,11H2,1H3. The third-order valence-electron chi connectivity index (χ3n) is 1.88. The van der Waals surface area contributed by atoms with Gasteiger partial charge in [0.25, 0.3) is 0 Å². The Labute approximate surface area is 86.6 Å². The maximum absolute atomic E-state index is 5.40. The summed E-state index contributed by atoms with van der Waals surface area (Å²) >= 11 is 2.29. The predicted molar refractivity (Wildman–Crippen MR) is 59.5 cm³/mol. The Balaban J connectivity index is 2.80. The van der Waals surface area contributed by atoms with Gasteiger partial charge in [-0.1, -0.05) is 19.1 Å². The van der Waals surface area contributed by atoms with E-state index in [-0.39, 0.29) is 6.04 Å². The van der Waals surface area contributed by atoms with Crippen LogP contribution in [0.3, 0.4) is 0 Å². The molecule has 0 saturated heterocycles. The molecule has 0 aliphatic carbocycles. The van der Waals surface area contributed by atoms with Crippen LogP contribution in [0.2, 0.25) is 0 Å². The van der Waals surface area contributed by atoms with Gasteiger partial charge in [-0.05, 0) is 46.7 Å². The van der Waals surface area contributed by atoms with E-state index in [1.807, 2.05) is 0 Å². The maximum atomic E-state index is 5.40. The molecule has 0 fully saturated rings. The molecule has 3 N–H and O–H groups in total. The van der Waals surface area contributed by atoms with E-state index in [1.54, 1.807) is 0 Å². The van der Waals surface area contributed by atoms with Gasteiger partial charge in [0, 0.05) is 9.61 Å². The Morgan fingerprint density at radius 2 is 2.00 bits per heavy atom. The van der Waals surface area contributed by atoms with Gasteiger partial charge in [0.15, 0.2) is 0 Å². The van der Waals surface area contributed by atoms with Crippen LogP contribution in [0.15, 0.2) is 24.3 Å². The summed E-state index contributed by atoms with van der Waals surface area (Å²) in [7, 11) is 0. The van der Waals surface area contributed by atoms with Crippen LogP contribution in [0.25, 0.3) is 0 Å². The van der Waals surface area contributed by atoms with Gasteiger partial charge in [0.2, 0.25) is 0 Å². The third-order valence-corrected chi connectivity index (χ3v) is 2.60. The van der Waals surface area contributed by atoms with E-state index in [1.165, 1.54) is 9.13 Å². The Kier molecular flexibility index (Phi) is 3.97. The van der Waals surface area contributed by atoms with Gasteiger partial charge in [0.05, 0.1) is 0 Å². The summed E-state index contributed by atoms with van der Waals surface area (Å²) in [5.41, 5.74) is 4.04. The Bertz CT molecular complexity index is 229. The number of rotatable bonds is 3. The minimum Gasteiger partial charge on any atom is -0.271 e. The molecule has 66 valence electrons. The third kappa shape index (κ3) is 2.43. The summed E-state index contributed by atoms with van der Waals surface area (Å²) < 4.78 is 1.25. The van der Waals surface area contributed by atoms with Crippen molar-refractivity contribution >= 4 is 22.6 Å². The summed E-state index contributed by atoms with van der Waals surface area (Å²) in [6.45, 7) is 2.11. The van der Waals surface area contributed by atoms with E-state index in [0.717, 1.165) is 6.42 Å². The average molecular weight is 276 g/mol. The van der Waals surface area contributed by atoms with E-state index in [9.17, 15) is 0 Å². The summed E-state index contributed by atoms with van der Waals surface area (Å²) in [5.74, 6) is 5.40. The van der Waals surface area contributed by atoms with Crippen LogP contribution in [-0.4, -0.2) is 0 Å². The fourth-order valence-corrected chi connectivity index (χ4v) is 1.50. The van der Waals surface area contributed by atoms with Crippen LogP contribution < -0.4 is 11.3 Å². The zero-order chi connectivity index (χ0) is 8.97. The SMILES string of the molecule is CCC(NN)c1ccc(I)cc1. The lowest BCUT2D eigenvalue weighted by Crippen LogP contribution is -2.27. The normalized spacial score (nSPS) is 12.9. The number of hydrogen-bond donors (Lipinski definition) is 2. The summed E-state index contributed by atoms with van der Waals surface area (Å²) in [4.78, 5) is 0. The van der Waals surface area contributed by atoms with Crippen LogP contribution >= 0.6 is 22.6 Å². The minimum absolute atomic E-state index is 0.280. The molecule has 1 aromatic carbocycles. The van der Waals surface area contributed by atoms with Crippen LogP contribution in [0.1, 0.15) is 24.9 Å². The Hall–Kier alpha value is -0.130. The second-order valence-corrected chi connectivity index (χ2v) is 3.92. The highest BCUT2D eigenvalue weighted by Crippen LogP contribution is 2.16. The lowest BCUT2D eigenvalue weighted by Gasteiger charge is -2.13. The molecule has 0 amide bonds. The van der Waals surface area contributed by atoms with Gasteiger partial charge >= 0.3 is 0 Å². The zero-order valence-electron chi connectivity index (χ0n) is 7.05. The van der Waals surface area contributed by atoms with Gasteiger partial charge < -0.3 is 0 Å². The largest absolute Gasteiger partial charge is 0.271 e. The van der Waals surface area contributed by atoms with Crippen molar-refractivity contribution in [2.75, 3.05) is 0 Å². The first-order valence-electron chi connectivity index (χ1n) is 3.99. The van der Waals surface area contributed by atoms with E-state index in [0.29, 0.717) is 0 Å². The molecule has 1 rings (SSSR count). The average Bonchev–Trinajstić information content (AvgIpc) is 2.10. The van der Waals surface area contributed by atoms with Gasteiger partial charge in [-0.2, -0.15) is 0 Å². The quantitative estimate of drug-likeness (QED) is 0.504. The molecule has 0 saturated carbocycles. The fraction of sp³-hybridized carbons (Fsp3) is 0.333. The highest BCUT2D eigenvalue weighted by molar-refractivity contribution is 14.1. The van der Waals surface area contributed by atoms with Crippen molar-refractivity contribution < 1.29 is 0 Å². The van der Waals surface area contributed by atoms with E-state index < -0.39 is 0 Å². The van der Waals surface area contributed by atoms with Gasteiger partial charge in [0.1, 0.15) is 0 Å². The van der Waals surface area contributed by atoms with E-state index >= 15 is 0 Å². The first kappa shape index (κ1) is 9.95. The first-order valence-corrected chi connectivity index (χ1v) is 5.07. The molecule has 0 aliphatic heterocycles. The fourth-order valence-electron chi connectivity index (χ4n) is 1.14. The maximum Gasteiger partial charge on any atom is 0.0457 e. The smallest absolute Gasteiger partial charge is 0.0457 e. The van der Waals surface area contributed by atoms with Crippen LogP contribution in [0.4, 0.5) is 0 Å². The number of hydrogen-bond acceptors (Lipinski definition) is 2. The lowest BCUT2D eigenvalue weighted by atomic mass is 10.1. The molecule has 1 atom stereocenters. The predicted octanol–water partition coefficient (Wildman–Crippen LogP) is 2.21. The summed E-state index contributed by atoms with van der Waals surface area (Å²) in [6, 6.07) is 8.68. The van der Waals surface area contributed by atoms with Gasteiger partial charge in [-0.15, -0.1) is 0 Å². The zero-order valence-corrected chi connectivity index (χ0v) is 9.21. The number of hydrazine groups is 1. The molecule has 0 radical (unpaired) electrons. The van der Waals surface area contributed by atoms with Crippen LogP contribution in [0, 0.1) is 3.57 Å². The van der Waals surface area contributed by atoms with E-state index in [4.69, 9.17) is 5.84 Å². The molecular weight excluding hydrogens is 263 g/mol. The molecule has 0 aliphatic rings. The van der Waals surface area contributed by atoms with Crippen LogP contribution in [0.5, 0.6) is 0 Å². The molecule has 1 unspecified atom stereocenters. The molecular formula is C9H13IN2. The Morgan fingerprint density at radius 3 is 2.42 bits per heavy atom. The number of nitrogens with two attached hydrogens (primary N) is 1. The molecule has 0 aromatic heterocycles. The van der Waals surface area contributed by atoms with Crippen molar-refractivity contribution in [1.82, 2.24) is 5.43 Å². The first-order chi connectivity index (χ1) is 5.77. The van der Waals surface area contributed by atoms with Gasteiger partial charge in [-0.3, -0.25) is 11.3 Å². The monoisotopic (exact) mass is 276 g/mol. The number of benzene rings is 1. The number of halogens is 1. The molecule has 2 nitrogen and oxygen atoms in total. The summed E-state index contributed by atoms with van der Waals surface area (Å²) in [6.07, 6.45) is 1.01. The summed E-state index contributed by atoms with van der Waals surface area (Å²) in [5, 5.41) is 0. The van der Waals surface area contributed by atoms with Crippen molar-refractivity contribution in [2.24, 2.45) is 5.84 Å². The second-order valence-electron chi connectivity index (χ2n) is 2.68. The molecule has 0 heterocycles. The van der Waals surface area contributed by atoms with Gasteiger partial charge in [-0.25, -0.2) is 0 Å². The second kappa shape index (κ2) is 4.79. The van der Waals surface area contributed by atoms with Crippen molar-refractivity contribution in [1.29, 1.82) is 0 Å². The highest BCUT2D eigenvalue weighted by atomic mass is 127. The molecule has 0 spiro atoms. The molecule has 3 heteroatoms. The Morgan fingerprint density at radius 1 is 1.42 bits per heavy atom. The minimum atomic E-state index is 0.280. The lowest BCUT2D eigenvalue weighted by molar-refractivity contribution is 0.539. The number of nitrogens with one attached hydrogen (secondary N) is 1. The topological polar surface area (TPSA) is 38.0 Å². The molecule has 0 bridgehead atoms. The highest BCUT2D eigenvalue weighted by Gasteiger charge is 2.04. The molecule has 1 aromatic rings. The molecule has 12 heavy (non-hydrogen) atoms.